The Balaban J connectivity index is 1.11. The maximum absolute atomic E-state index is 12.5. The molecule has 6 heteroatoms. The van der Waals surface area contributed by atoms with E-state index in [1.165, 1.54) is 42.1 Å². The van der Waals surface area contributed by atoms with E-state index in [1.54, 1.807) is 12.7 Å². The van der Waals surface area contributed by atoms with Crippen LogP contribution in [-0.2, 0) is 6.42 Å². The molecule has 0 spiro atoms. The quantitative estimate of drug-likeness (QED) is 0.415. The van der Waals surface area contributed by atoms with E-state index < -0.39 is 0 Å². The zero-order valence-electron chi connectivity index (χ0n) is 18.3. The standard InChI is InChI=1S/C26H29N5O/c32-26(21-6-2-1-3-7-21)17-30-13-11-20(12-14-30)5-4-8-22-16-27-25-10-9-23(15-24(22)25)31-18-28-29-19-31/h1-3,6-7,9-10,15-16,18-20,27H,4-5,8,11-14,17H2. The number of nitrogens with one attached hydrogen (secondary N) is 1. The van der Waals surface area contributed by atoms with Gasteiger partial charge in [-0.05, 0) is 68.5 Å². The lowest BCUT2D eigenvalue weighted by molar-refractivity contribution is 0.0892. The van der Waals surface area contributed by atoms with E-state index >= 15 is 0 Å². The third kappa shape index (κ3) is 4.65. The van der Waals surface area contributed by atoms with Crippen molar-refractivity contribution in [3.8, 4) is 5.69 Å². The molecule has 1 fully saturated rings. The summed E-state index contributed by atoms with van der Waals surface area (Å²) in [4.78, 5) is 18.2. The predicted molar refractivity (Wildman–Crippen MR) is 126 cm³/mol. The molecule has 1 saturated heterocycles. The zero-order valence-corrected chi connectivity index (χ0v) is 18.3. The van der Waals surface area contributed by atoms with Crippen LogP contribution < -0.4 is 0 Å². The number of aromatic amines is 1. The summed E-state index contributed by atoms with van der Waals surface area (Å²) in [5.74, 6) is 0.991. The van der Waals surface area contributed by atoms with Gasteiger partial charge in [-0.1, -0.05) is 36.8 Å². The highest BCUT2D eigenvalue weighted by Crippen LogP contribution is 2.26. The van der Waals surface area contributed by atoms with E-state index in [4.69, 9.17) is 0 Å². The molecule has 0 saturated carbocycles. The van der Waals surface area contributed by atoms with Crippen LogP contribution in [0.15, 0.2) is 67.4 Å². The Morgan fingerprint density at radius 3 is 2.59 bits per heavy atom. The Morgan fingerprint density at radius 1 is 1.03 bits per heavy atom. The first-order valence-electron chi connectivity index (χ1n) is 11.5. The molecule has 2 aromatic carbocycles. The van der Waals surface area contributed by atoms with Gasteiger partial charge < -0.3 is 4.98 Å². The molecule has 5 rings (SSSR count). The lowest BCUT2D eigenvalue weighted by atomic mass is 9.90. The largest absolute Gasteiger partial charge is 0.361 e. The molecule has 0 amide bonds. The number of hydrogen-bond donors (Lipinski definition) is 1. The lowest BCUT2D eigenvalue weighted by Crippen LogP contribution is -2.37. The average Bonchev–Trinajstić information content (AvgIpc) is 3.51. The number of carbonyl (C=O) groups excluding carboxylic acids is 1. The number of carbonyl (C=O) groups is 1. The van der Waals surface area contributed by atoms with Gasteiger partial charge in [0.1, 0.15) is 12.7 Å². The summed E-state index contributed by atoms with van der Waals surface area (Å²) in [6.07, 6.45) is 11.5. The van der Waals surface area contributed by atoms with Crippen LogP contribution in [0.4, 0.5) is 0 Å². The van der Waals surface area contributed by atoms with E-state index in [9.17, 15) is 4.79 Å². The van der Waals surface area contributed by atoms with Gasteiger partial charge in [-0.25, -0.2) is 0 Å². The number of aromatic nitrogens is 4. The van der Waals surface area contributed by atoms with Crippen LogP contribution in [0.3, 0.4) is 0 Å². The van der Waals surface area contributed by atoms with Crippen molar-refractivity contribution in [2.45, 2.75) is 32.1 Å². The summed E-state index contributed by atoms with van der Waals surface area (Å²) in [5.41, 5.74) is 4.45. The van der Waals surface area contributed by atoms with Gasteiger partial charge in [0.2, 0.25) is 0 Å². The first kappa shape index (κ1) is 20.6. The molecule has 0 bridgehead atoms. The van der Waals surface area contributed by atoms with Crippen LogP contribution in [0, 0.1) is 5.92 Å². The molecule has 3 heterocycles. The molecule has 0 radical (unpaired) electrons. The molecular formula is C26H29N5O. The van der Waals surface area contributed by atoms with E-state index in [0.29, 0.717) is 6.54 Å². The molecule has 1 aliphatic rings. The second-order valence-corrected chi connectivity index (χ2v) is 8.81. The smallest absolute Gasteiger partial charge is 0.176 e. The van der Waals surface area contributed by atoms with E-state index in [2.05, 4.69) is 44.5 Å². The van der Waals surface area contributed by atoms with Gasteiger partial charge in [-0.2, -0.15) is 0 Å². The second-order valence-electron chi connectivity index (χ2n) is 8.81. The Labute approximate surface area is 188 Å². The zero-order chi connectivity index (χ0) is 21.8. The molecule has 1 aliphatic heterocycles. The van der Waals surface area contributed by atoms with Gasteiger partial charge in [0, 0.05) is 28.4 Å². The van der Waals surface area contributed by atoms with Gasteiger partial charge in [0.05, 0.1) is 6.54 Å². The summed E-state index contributed by atoms with van der Waals surface area (Å²) in [6, 6.07) is 16.1. The lowest BCUT2D eigenvalue weighted by Gasteiger charge is -2.31. The average molecular weight is 428 g/mol. The molecule has 164 valence electrons. The van der Waals surface area contributed by atoms with Crippen LogP contribution in [0.2, 0.25) is 0 Å². The molecule has 0 unspecified atom stereocenters. The maximum atomic E-state index is 12.5. The molecule has 2 aromatic heterocycles. The predicted octanol–water partition coefficient (Wildman–Crippen LogP) is 4.67. The Morgan fingerprint density at radius 2 is 1.81 bits per heavy atom. The van der Waals surface area contributed by atoms with Crippen LogP contribution in [0.5, 0.6) is 0 Å². The molecule has 4 aromatic rings. The highest BCUT2D eigenvalue weighted by Gasteiger charge is 2.21. The topological polar surface area (TPSA) is 66.8 Å². The van der Waals surface area contributed by atoms with Gasteiger partial charge in [-0.3, -0.25) is 14.3 Å². The summed E-state index contributed by atoms with van der Waals surface area (Å²) in [7, 11) is 0. The van der Waals surface area contributed by atoms with Crippen molar-refractivity contribution in [2.24, 2.45) is 5.92 Å². The van der Waals surface area contributed by atoms with Crippen LogP contribution in [-0.4, -0.2) is 50.1 Å². The first-order chi connectivity index (χ1) is 15.8. The number of likely N-dealkylation sites (tertiary alicyclic amines) is 1. The SMILES string of the molecule is O=C(CN1CCC(CCCc2c[nH]c3ccc(-n4cnnc4)cc23)CC1)c1ccccc1. The molecule has 6 nitrogen and oxygen atoms in total. The number of H-pyrrole nitrogens is 1. The van der Waals surface area contributed by atoms with Crippen molar-refractivity contribution in [3.05, 3.63) is 78.5 Å². The number of rotatable bonds is 8. The van der Waals surface area contributed by atoms with Crippen molar-refractivity contribution in [1.82, 2.24) is 24.6 Å². The van der Waals surface area contributed by atoms with Gasteiger partial charge in [0.15, 0.2) is 5.78 Å². The van der Waals surface area contributed by atoms with Crippen molar-refractivity contribution in [1.29, 1.82) is 0 Å². The summed E-state index contributed by atoms with van der Waals surface area (Å²) in [5, 5.41) is 9.10. The second kappa shape index (κ2) is 9.49. The van der Waals surface area contributed by atoms with Crippen LogP contribution in [0.25, 0.3) is 16.6 Å². The number of aryl methyl sites for hydroxylation is 1. The van der Waals surface area contributed by atoms with E-state index in [1.807, 2.05) is 34.9 Å². The summed E-state index contributed by atoms with van der Waals surface area (Å²) in [6.45, 7) is 2.60. The maximum Gasteiger partial charge on any atom is 0.176 e. The molecule has 0 atom stereocenters. The normalized spacial score (nSPS) is 15.4. The third-order valence-electron chi connectivity index (χ3n) is 6.70. The number of benzene rings is 2. The van der Waals surface area contributed by atoms with Gasteiger partial charge in [0.25, 0.3) is 0 Å². The monoisotopic (exact) mass is 427 g/mol. The fraction of sp³-hybridized carbons (Fsp3) is 0.346. The number of ketones is 1. The first-order valence-corrected chi connectivity index (χ1v) is 11.5. The Kier molecular flexibility index (Phi) is 6.12. The van der Waals surface area contributed by atoms with Crippen molar-refractivity contribution in [3.63, 3.8) is 0 Å². The molecule has 32 heavy (non-hydrogen) atoms. The minimum absolute atomic E-state index is 0.231. The summed E-state index contributed by atoms with van der Waals surface area (Å²) >= 11 is 0. The van der Waals surface area contributed by atoms with Gasteiger partial charge >= 0.3 is 0 Å². The van der Waals surface area contributed by atoms with Crippen molar-refractivity contribution in [2.75, 3.05) is 19.6 Å². The van der Waals surface area contributed by atoms with E-state index in [0.717, 1.165) is 36.7 Å². The number of Topliss-reactive ketones (excluding diaryl/α,β-unsaturated/α-hetero) is 1. The number of nitrogens with zero attached hydrogens (tertiary/aromatic N) is 4. The minimum atomic E-state index is 0.231. The highest BCUT2D eigenvalue weighted by atomic mass is 16.1. The summed E-state index contributed by atoms with van der Waals surface area (Å²) < 4.78 is 1.94. The molecular weight excluding hydrogens is 398 g/mol. The number of piperidine rings is 1. The third-order valence-corrected chi connectivity index (χ3v) is 6.70. The van der Waals surface area contributed by atoms with Crippen LogP contribution >= 0.6 is 0 Å². The fourth-order valence-corrected chi connectivity index (χ4v) is 4.80. The van der Waals surface area contributed by atoms with Gasteiger partial charge in [-0.15, -0.1) is 10.2 Å². The van der Waals surface area contributed by atoms with Crippen LogP contribution in [0.1, 0.15) is 41.6 Å². The number of fused-ring (bicyclic) bond motifs is 1. The highest BCUT2D eigenvalue weighted by molar-refractivity contribution is 5.97. The van der Waals surface area contributed by atoms with Crippen molar-refractivity contribution >= 4 is 16.7 Å². The minimum Gasteiger partial charge on any atom is -0.361 e. The molecule has 1 N–H and O–H groups in total. The fourth-order valence-electron chi connectivity index (χ4n) is 4.80. The Hall–Kier alpha value is -3.25. The molecule has 0 aliphatic carbocycles. The van der Waals surface area contributed by atoms with Crippen molar-refractivity contribution < 1.29 is 4.79 Å². The Bertz CT molecular complexity index is 1160. The van der Waals surface area contributed by atoms with E-state index in [-0.39, 0.29) is 5.78 Å². The number of hydrogen-bond acceptors (Lipinski definition) is 4.